The summed E-state index contributed by atoms with van der Waals surface area (Å²) in [4.78, 5) is 47.5. The number of aliphatic hydroxyl groups is 2. The standard InChI is InChI=1S/C15H29N5O7S/c16-4-2-1-3-9(13(24)20-11(7-28)15(26)27)18-14(25)10(6-22)19-12(23)8(17)5-21/h8-11,21-22,28H,1-7,16-17H2,(H,18,25)(H,19,23)(H,20,24)(H,26,27). The maximum atomic E-state index is 12.4. The lowest BCUT2D eigenvalue weighted by Crippen LogP contribution is -2.58. The minimum atomic E-state index is -1.41. The van der Waals surface area contributed by atoms with Gasteiger partial charge in [-0.3, -0.25) is 14.4 Å². The highest BCUT2D eigenvalue weighted by atomic mass is 32.1. The topological polar surface area (TPSA) is 217 Å². The van der Waals surface area contributed by atoms with Crippen molar-refractivity contribution in [3.05, 3.63) is 0 Å². The van der Waals surface area contributed by atoms with Gasteiger partial charge in [0.05, 0.1) is 13.2 Å². The number of thiol groups is 1. The molecule has 0 heterocycles. The fourth-order valence-electron chi connectivity index (χ4n) is 2.05. The van der Waals surface area contributed by atoms with E-state index < -0.39 is 61.1 Å². The van der Waals surface area contributed by atoms with Crippen molar-refractivity contribution < 1.29 is 34.5 Å². The summed E-state index contributed by atoms with van der Waals surface area (Å²) in [5, 5.41) is 34.0. The van der Waals surface area contributed by atoms with Crippen LogP contribution in [0.1, 0.15) is 19.3 Å². The summed E-state index contributed by atoms with van der Waals surface area (Å²) >= 11 is 3.86. The SMILES string of the molecule is NCCCCC(NC(=O)C(CO)NC(=O)C(N)CO)C(=O)NC(CS)C(=O)O. The Hall–Kier alpha value is -1.93. The van der Waals surface area contributed by atoms with Crippen molar-refractivity contribution in [2.24, 2.45) is 11.5 Å². The first-order valence-electron chi connectivity index (χ1n) is 8.63. The summed E-state index contributed by atoms with van der Waals surface area (Å²) in [5.74, 6) is -3.91. The number of unbranched alkanes of at least 4 members (excludes halogenated alkanes) is 1. The van der Waals surface area contributed by atoms with Gasteiger partial charge in [-0.05, 0) is 25.8 Å². The highest BCUT2D eigenvalue weighted by Gasteiger charge is 2.29. The molecule has 0 rings (SSSR count). The molecule has 0 bridgehead atoms. The van der Waals surface area contributed by atoms with E-state index in [1.807, 2.05) is 0 Å². The second-order valence-electron chi connectivity index (χ2n) is 5.96. The van der Waals surface area contributed by atoms with Gasteiger partial charge in [-0.25, -0.2) is 4.79 Å². The van der Waals surface area contributed by atoms with E-state index in [1.54, 1.807) is 0 Å². The molecule has 0 aliphatic rings. The fraction of sp³-hybridized carbons (Fsp3) is 0.733. The second-order valence-corrected chi connectivity index (χ2v) is 6.33. The number of carbonyl (C=O) groups is 4. The number of hydrogen-bond donors (Lipinski definition) is 9. The maximum Gasteiger partial charge on any atom is 0.327 e. The first-order chi connectivity index (χ1) is 13.2. The number of carbonyl (C=O) groups excluding carboxylic acids is 3. The van der Waals surface area contributed by atoms with E-state index >= 15 is 0 Å². The Kier molecular flexibility index (Phi) is 13.1. The number of amides is 3. The Morgan fingerprint density at radius 3 is 1.86 bits per heavy atom. The van der Waals surface area contributed by atoms with Gasteiger partial charge < -0.3 is 42.7 Å². The molecule has 0 aromatic heterocycles. The first-order valence-corrected chi connectivity index (χ1v) is 9.27. The van der Waals surface area contributed by atoms with Crippen molar-refractivity contribution in [3.8, 4) is 0 Å². The normalized spacial score (nSPS) is 15.0. The molecule has 13 heteroatoms. The molecule has 0 aromatic rings. The summed E-state index contributed by atoms with van der Waals surface area (Å²) < 4.78 is 0. The third-order valence-electron chi connectivity index (χ3n) is 3.73. The van der Waals surface area contributed by atoms with Crippen LogP contribution in [-0.2, 0) is 19.2 Å². The average Bonchev–Trinajstić information content (AvgIpc) is 2.67. The van der Waals surface area contributed by atoms with Crippen LogP contribution < -0.4 is 27.4 Å². The zero-order chi connectivity index (χ0) is 21.7. The lowest BCUT2D eigenvalue weighted by molar-refractivity contribution is -0.141. The van der Waals surface area contributed by atoms with Crippen molar-refractivity contribution in [1.29, 1.82) is 0 Å². The highest BCUT2D eigenvalue weighted by molar-refractivity contribution is 7.80. The predicted molar refractivity (Wildman–Crippen MR) is 102 cm³/mol. The minimum Gasteiger partial charge on any atom is -0.480 e. The number of carboxylic acid groups (broad SMARTS) is 1. The molecule has 0 aliphatic carbocycles. The van der Waals surface area contributed by atoms with E-state index in [2.05, 4.69) is 28.6 Å². The summed E-state index contributed by atoms with van der Waals surface area (Å²) in [6.45, 7) is -1.07. The van der Waals surface area contributed by atoms with E-state index in [1.165, 1.54) is 0 Å². The van der Waals surface area contributed by atoms with Crippen LogP contribution in [0.4, 0.5) is 0 Å². The van der Waals surface area contributed by atoms with Crippen LogP contribution in [0, 0.1) is 0 Å². The molecule has 3 amide bonds. The van der Waals surface area contributed by atoms with Crippen molar-refractivity contribution in [1.82, 2.24) is 16.0 Å². The zero-order valence-electron chi connectivity index (χ0n) is 15.3. The van der Waals surface area contributed by atoms with Crippen molar-refractivity contribution in [2.75, 3.05) is 25.5 Å². The van der Waals surface area contributed by atoms with Gasteiger partial charge in [-0.1, -0.05) is 0 Å². The molecular weight excluding hydrogens is 394 g/mol. The smallest absolute Gasteiger partial charge is 0.327 e. The van der Waals surface area contributed by atoms with Crippen molar-refractivity contribution in [3.63, 3.8) is 0 Å². The lowest BCUT2D eigenvalue weighted by Gasteiger charge is -2.24. The van der Waals surface area contributed by atoms with Crippen LogP contribution in [0.2, 0.25) is 0 Å². The molecule has 0 spiro atoms. The van der Waals surface area contributed by atoms with Crippen molar-refractivity contribution in [2.45, 2.75) is 43.4 Å². The average molecular weight is 423 g/mol. The van der Waals surface area contributed by atoms with Gasteiger partial charge in [0.15, 0.2) is 0 Å². The van der Waals surface area contributed by atoms with Gasteiger partial charge in [0.25, 0.3) is 0 Å². The third kappa shape index (κ3) is 9.32. The number of carboxylic acids is 1. The second kappa shape index (κ2) is 14.1. The molecule has 0 fully saturated rings. The molecule has 162 valence electrons. The zero-order valence-corrected chi connectivity index (χ0v) is 16.2. The Morgan fingerprint density at radius 1 is 0.857 bits per heavy atom. The summed E-state index contributed by atoms with van der Waals surface area (Å²) in [5.41, 5.74) is 10.7. The molecule has 28 heavy (non-hydrogen) atoms. The van der Waals surface area contributed by atoms with Gasteiger partial charge in [0.1, 0.15) is 24.2 Å². The number of hydrogen-bond acceptors (Lipinski definition) is 9. The van der Waals surface area contributed by atoms with Gasteiger partial charge in [0.2, 0.25) is 17.7 Å². The van der Waals surface area contributed by atoms with Crippen LogP contribution >= 0.6 is 12.6 Å². The van der Waals surface area contributed by atoms with Gasteiger partial charge in [-0.15, -0.1) is 0 Å². The molecule has 0 aliphatic heterocycles. The number of nitrogens with two attached hydrogens (primary N) is 2. The van der Waals surface area contributed by atoms with E-state index in [0.29, 0.717) is 19.4 Å². The predicted octanol–water partition coefficient (Wildman–Crippen LogP) is -4.10. The van der Waals surface area contributed by atoms with Crippen LogP contribution in [-0.4, -0.2) is 88.7 Å². The minimum absolute atomic E-state index is 0.154. The number of aliphatic carboxylic acids is 1. The molecule has 0 saturated heterocycles. The van der Waals surface area contributed by atoms with Crippen LogP contribution in [0.15, 0.2) is 0 Å². The van der Waals surface area contributed by atoms with Gasteiger partial charge in [0, 0.05) is 5.75 Å². The summed E-state index contributed by atoms with van der Waals surface area (Å²) in [6.07, 6.45) is 1.20. The Morgan fingerprint density at radius 2 is 1.39 bits per heavy atom. The molecule has 0 aromatic carbocycles. The molecule has 12 nitrogen and oxygen atoms in total. The van der Waals surface area contributed by atoms with E-state index in [-0.39, 0.29) is 12.2 Å². The van der Waals surface area contributed by atoms with Crippen molar-refractivity contribution >= 4 is 36.3 Å². The molecule has 10 N–H and O–H groups in total. The molecule has 0 radical (unpaired) electrons. The molecule has 0 saturated carbocycles. The van der Waals surface area contributed by atoms with Gasteiger partial charge in [-0.2, -0.15) is 12.6 Å². The van der Waals surface area contributed by atoms with E-state index in [4.69, 9.17) is 21.7 Å². The van der Waals surface area contributed by atoms with E-state index in [0.717, 1.165) is 0 Å². The van der Waals surface area contributed by atoms with E-state index in [9.17, 15) is 24.3 Å². The molecule has 4 unspecified atom stereocenters. The Labute approximate surface area is 167 Å². The summed E-state index contributed by atoms with van der Waals surface area (Å²) in [6, 6.07) is -5.05. The fourth-order valence-corrected chi connectivity index (χ4v) is 2.29. The Balaban J connectivity index is 5.12. The monoisotopic (exact) mass is 423 g/mol. The Bertz CT molecular complexity index is 537. The molecular formula is C15H29N5O7S. The quantitative estimate of drug-likeness (QED) is 0.0978. The number of rotatable bonds is 14. The van der Waals surface area contributed by atoms with Crippen LogP contribution in [0.5, 0.6) is 0 Å². The lowest BCUT2D eigenvalue weighted by atomic mass is 10.1. The number of aliphatic hydroxyl groups excluding tert-OH is 2. The van der Waals surface area contributed by atoms with Crippen LogP contribution in [0.3, 0.4) is 0 Å². The summed E-state index contributed by atoms with van der Waals surface area (Å²) in [7, 11) is 0. The first kappa shape index (κ1) is 26.1. The highest BCUT2D eigenvalue weighted by Crippen LogP contribution is 2.03. The van der Waals surface area contributed by atoms with Gasteiger partial charge >= 0.3 is 5.97 Å². The third-order valence-corrected chi connectivity index (χ3v) is 4.09. The van der Waals surface area contributed by atoms with Crippen LogP contribution in [0.25, 0.3) is 0 Å². The largest absolute Gasteiger partial charge is 0.480 e. The number of nitrogens with one attached hydrogen (secondary N) is 3. The molecule has 4 atom stereocenters. The maximum absolute atomic E-state index is 12.4.